The number of hydrogen-bond donors (Lipinski definition) is 3. The van der Waals surface area contributed by atoms with Crippen LogP contribution < -0.4 is 5.32 Å². The van der Waals surface area contributed by atoms with E-state index < -0.39 is 17.2 Å². The van der Waals surface area contributed by atoms with Crippen molar-refractivity contribution < 1.29 is 19.8 Å². The number of benzene rings is 2. The van der Waals surface area contributed by atoms with E-state index in [4.69, 9.17) is 5.11 Å². The number of amides is 1. The Balaban J connectivity index is 1.77. The first kappa shape index (κ1) is 17.2. The highest BCUT2D eigenvalue weighted by Crippen LogP contribution is 2.48. The van der Waals surface area contributed by atoms with Gasteiger partial charge in [0.25, 0.3) is 0 Å². The Hall–Kier alpha value is -2.66. The van der Waals surface area contributed by atoms with Crippen molar-refractivity contribution in [3.63, 3.8) is 0 Å². The number of carbonyl (C=O) groups is 2. The quantitative estimate of drug-likeness (QED) is 0.731. The Bertz CT molecular complexity index is 773. The standard InChI is InChI=1S/C20H21NO4/c1-19(25)12-20(13-19,21-18(23)24)16-9-7-15(8-10-16)17(22)11-14-5-3-2-4-6-14/h2-10,21,25H,11-13H2,1H3,(H,23,24)/t19-,20+. The van der Waals surface area contributed by atoms with Gasteiger partial charge in [-0.1, -0.05) is 54.6 Å². The van der Waals surface area contributed by atoms with Gasteiger partial charge in [0.05, 0.1) is 11.1 Å². The summed E-state index contributed by atoms with van der Waals surface area (Å²) in [6.07, 6.45) is -0.180. The smallest absolute Gasteiger partial charge is 0.405 e. The van der Waals surface area contributed by atoms with E-state index in [0.29, 0.717) is 24.8 Å². The molecule has 2 aromatic carbocycles. The average molecular weight is 339 g/mol. The first-order valence-electron chi connectivity index (χ1n) is 8.21. The fourth-order valence-electron chi connectivity index (χ4n) is 3.68. The van der Waals surface area contributed by atoms with Gasteiger partial charge in [0.1, 0.15) is 0 Å². The molecule has 25 heavy (non-hydrogen) atoms. The Labute approximate surface area is 146 Å². The Morgan fingerprint density at radius 2 is 1.64 bits per heavy atom. The summed E-state index contributed by atoms with van der Waals surface area (Å²) in [5.74, 6) is 0.0126. The summed E-state index contributed by atoms with van der Waals surface area (Å²) in [6.45, 7) is 1.69. The molecule has 0 aromatic heterocycles. The lowest BCUT2D eigenvalue weighted by Crippen LogP contribution is -2.61. The van der Waals surface area contributed by atoms with Crippen molar-refractivity contribution in [3.8, 4) is 0 Å². The molecule has 1 fully saturated rings. The molecule has 2 aromatic rings. The maximum atomic E-state index is 12.4. The number of ketones is 1. The van der Waals surface area contributed by atoms with Crippen molar-refractivity contribution in [1.29, 1.82) is 0 Å². The fraction of sp³-hybridized carbons (Fsp3) is 0.300. The largest absolute Gasteiger partial charge is 0.465 e. The van der Waals surface area contributed by atoms with E-state index in [1.807, 2.05) is 30.3 Å². The maximum Gasteiger partial charge on any atom is 0.405 e. The summed E-state index contributed by atoms with van der Waals surface area (Å²) in [4.78, 5) is 23.5. The Kier molecular flexibility index (Phi) is 4.35. The molecule has 0 heterocycles. The van der Waals surface area contributed by atoms with Crippen LogP contribution in [0.4, 0.5) is 4.79 Å². The second kappa shape index (κ2) is 6.33. The zero-order valence-corrected chi connectivity index (χ0v) is 14.0. The SMILES string of the molecule is C[C@]1(O)C[C@](NC(=O)O)(c2ccc(C(=O)Cc3ccccc3)cc2)C1. The number of rotatable bonds is 5. The van der Waals surface area contributed by atoms with Crippen LogP contribution in [-0.4, -0.2) is 27.7 Å². The van der Waals surface area contributed by atoms with Gasteiger partial charge in [-0.25, -0.2) is 4.79 Å². The van der Waals surface area contributed by atoms with E-state index in [1.165, 1.54) is 0 Å². The molecule has 0 atom stereocenters. The Morgan fingerprint density at radius 3 is 2.16 bits per heavy atom. The van der Waals surface area contributed by atoms with Crippen LogP contribution in [0.15, 0.2) is 54.6 Å². The van der Waals surface area contributed by atoms with Crippen molar-refractivity contribution in [1.82, 2.24) is 5.32 Å². The van der Waals surface area contributed by atoms with Crippen LogP contribution in [0.25, 0.3) is 0 Å². The van der Waals surface area contributed by atoms with Crippen LogP contribution in [0, 0.1) is 0 Å². The second-order valence-electron chi connectivity index (χ2n) is 7.03. The monoisotopic (exact) mass is 339 g/mol. The van der Waals surface area contributed by atoms with Crippen molar-refractivity contribution in [3.05, 3.63) is 71.3 Å². The zero-order chi connectivity index (χ0) is 18.1. The van der Waals surface area contributed by atoms with E-state index in [1.54, 1.807) is 31.2 Å². The van der Waals surface area contributed by atoms with Crippen LogP contribution in [-0.2, 0) is 12.0 Å². The predicted octanol–water partition coefficient (Wildman–Crippen LogP) is 3.12. The Morgan fingerprint density at radius 1 is 1.04 bits per heavy atom. The van der Waals surface area contributed by atoms with Crippen molar-refractivity contribution in [2.75, 3.05) is 0 Å². The number of Topliss-reactive ketones (excluding diaryl/α,β-unsaturated/α-hetero) is 1. The molecule has 5 heteroatoms. The minimum atomic E-state index is -1.13. The molecule has 5 nitrogen and oxygen atoms in total. The molecule has 0 radical (unpaired) electrons. The third-order valence-corrected chi connectivity index (χ3v) is 4.68. The van der Waals surface area contributed by atoms with Gasteiger partial charge < -0.3 is 15.5 Å². The minimum absolute atomic E-state index is 0.0126. The normalized spacial score (nSPS) is 25.0. The molecule has 0 bridgehead atoms. The van der Waals surface area contributed by atoms with Gasteiger partial charge in [0, 0.05) is 24.8 Å². The number of carbonyl (C=O) groups excluding carboxylic acids is 1. The summed E-state index contributed by atoms with van der Waals surface area (Å²) in [7, 11) is 0. The van der Waals surface area contributed by atoms with Gasteiger partial charge >= 0.3 is 6.09 Å². The highest BCUT2D eigenvalue weighted by molar-refractivity contribution is 5.97. The highest BCUT2D eigenvalue weighted by Gasteiger charge is 2.53. The molecular formula is C20H21NO4. The zero-order valence-electron chi connectivity index (χ0n) is 14.0. The number of carboxylic acid groups (broad SMARTS) is 1. The maximum absolute atomic E-state index is 12.4. The van der Waals surface area contributed by atoms with Crippen LogP contribution in [0.5, 0.6) is 0 Å². The third-order valence-electron chi connectivity index (χ3n) is 4.68. The van der Waals surface area contributed by atoms with Crippen molar-refractivity contribution in [2.45, 2.75) is 37.3 Å². The topological polar surface area (TPSA) is 86.6 Å². The minimum Gasteiger partial charge on any atom is -0.465 e. The average Bonchev–Trinajstić information content (AvgIpc) is 2.53. The molecule has 0 spiro atoms. The predicted molar refractivity (Wildman–Crippen MR) is 93.6 cm³/mol. The molecule has 0 unspecified atom stereocenters. The van der Waals surface area contributed by atoms with Gasteiger partial charge in [-0.2, -0.15) is 0 Å². The van der Waals surface area contributed by atoms with Gasteiger partial charge in [-0.15, -0.1) is 0 Å². The molecule has 1 saturated carbocycles. The van der Waals surface area contributed by atoms with Crippen molar-refractivity contribution >= 4 is 11.9 Å². The summed E-state index contributed by atoms with van der Waals surface area (Å²) >= 11 is 0. The summed E-state index contributed by atoms with van der Waals surface area (Å²) in [6, 6.07) is 16.5. The molecule has 1 amide bonds. The van der Waals surface area contributed by atoms with Crippen LogP contribution in [0.1, 0.15) is 41.3 Å². The van der Waals surface area contributed by atoms with E-state index in [9.17, 15) is 14.7 Å². The van der Waals surface area contributed by atoms with Crippen molar-refractivity contribution in [2.24, 2.45) is 0 Å². The molecule has 3 N–H and O–H groups in total. The highest BCUT2D eigenvalue weighted by atomic mass is 16.4. The van der Waals surface area contributed by atoms with Gasteiger partial charge in [0.15, 0.2) is 5.78 Å². The van der Waals surface area contributed by atoms with Crippen LogP contribution in [0.3, 0.4) is 0 Å². The first-order chi connectivity index (χ1) is 11.8. The lowest BCUT2D eigenvalue weighted by Gasteiger charge is -2.51. The van der Waals surface area contributed by atoms with E-state index in [0.717, 1.165) is 11.1 Å². The molecule has 130 valence electrons. The molecule has 1 aliphatic rings. The molecule has 3 rings (SSSR count). The van der Waals surface area contributed by atoms with Crippen LogP contribution >= 0.6 is 0 Å². The fourth-order valence-corrected chi connectivity index (χ4v) is 3.68. The lowest BCUT2D eigenvalue weighted by atomic mass is 9.62. The van der Waals surface area contributed by atoms with E-state index in [2.05, 4.69) is 5.32 Å². The molecule has 0 saturated heterocycles. The summed E-state index contributed by atoms with van der Waals surface area (Å²) in [5, 5.41) is 21.7. The third kappa shape index (κ3) is 3.72. The van der Waals surface area contributed by atoms with Crippen LogP contribution in [0.2, 0.25) is 0 Å². The van der Waals surface area contributed by atoms with E-state index >= 15 is 0 Å². The van der Waals surface area contributed by atoms with Gasteiger partial charge in [0.2, 0.25) is 0 Å². The number of nitrogens with one attached hydrogen (secondary N) is 1. The number of hydrogen-bond acceptors (Lipinski definition) is 3. The lowest BCUT2D eigenvalue weighted by molar-refractivity contribution is -0.0858. The number of aliphatic hydroxyl groups is 1. The summed E-state index contributed by atoms with van der Waals surface area (Å²) in [5.41, 5.74) is 0.623. The van der Waals surface area contributed by atoms with E-state index in [-0.39, 0.29) is 5.78 Å². The van der Waals surface area contributed by atoms with Gasteiger partial charge in [-0.05, 0) is 18.1 Å². The first-order valence-corrected chi connectivity index (χ1v) is 8.21. The molecule has 1 aliphatic carbocycles. The summed E-state index contributed by atoms with van der Waals surface area (Å²) < 4.78 is 0. The molecular weight excluding hydrogens is 318 g/mol. The van der Waals surface area contributed by atoms with Gasteiger partial charge in [-0.3, -0.25) is 4.79 Å². The molecule has 0 aliphatic heterocycles. The second-order valence-corrected chi connectivity index (χ2v) is 7.03.